The predicted molar refractivity (Wildman–Crippen MR) is 88.1 cm³/mol. The van der Waals surface area contributed by atoms with Crippen LogP contribution in [0, 0.1) is 0 Å². The standard InChI is InChI=1S/C15H23O11P/c1-5-6-11-13(23-8(2)16)15(25-10(4)18)14(24-9(3)17)12(26-11)7-22-27(19,20)21/h5,11-15H,1,6-7H2,2-4H3,(H2,19,20,21). The summed E-state index contributed by atoms with van der Waals surface area (Å²) in [6, 6.07) is 0. The smallest absolute Gasteiger partial charge is 0.456 e. The molecule has 0 spiro atoms. The summed E-state index contributed by atoms with van der Waals surface area (Å²) in [5.74, 6) is -2.21. The molecule has 0 saturated carbocycles. The van der Waals surface area contributed by atoms with Crippen molar-refractivity contribution in [2.75, 3.05) is 6.61 Å². The number of hydrogen-bond acceptors (Lipinski definition) is 9. The van der Waals surface area contributed by atoms with E-state index in [1.165, 1.54) is 6.08 Å². The highest BCUT2D eigenvalue weighted by Gasteiger charge is 2.51. The summed E-state index contributed by atoms with van der Waals surface area (Å²) in [7, 11) is -4.85. The Morgan fingerprint density at radius 2 is 1.41 bits per heavy atom. The molecule has 1 fully saturated rings. The van der Waals surface area contributed by atoms with E-state index in [1.807, 2.05) is 0 Å². The lowest BCUT2D eigenvalue weighted by Crippen LogP contribution is -2.62. The molecule has 0 aromatic rings. The minimum absolute atomic E-state index is 0.148. The molecule has 154 valence electrons. The van der Waals surface area contributed by atoms with Crippen molar-refractivity contribution >= 4 is 25.7 Å². The summed E-state index contributed by atoms with van der Waals surface area (Å²) in [5.41, 5.74) is 0. The second kappa shape index (κ2) is 9.95. The van der Waals surface area contributed by atoms with Crippen molar-refractivity contribution in [1.29, 1.82) is 0 Å². The molecule has 0 aliphatic carbocycles. The minimum Gasteiger partial charge on any atom is -0.456 e. The third-order valence-corrected chi connectivity index (χ3v) is 3.93. The summed E-state index contributed by atoms with van der Waals surface area (Å²) >= 11 is 0. The molecular formula is C15H23O11P. The van der Waals surface area contributed by atoms with Crippen LogP contribution in [0.3, 0.4) is 0 Å². The molecule has 1 saturated heterocycles. The van der Waals surface area contributed by atoms with E-state index in [0.717, 1.165) is 20.8 Å². The lowest BCUT2D eigenvalue weighted by atomic mass is 9.92. The molecule has 0 bridgehead atoms. The molecule has 1 aliphatic heterocycles. The van der Waals surface area contributed by atoms with Gasteiger partial charge >= 0.3 is 25.7 Å². The molecule has 5 unspecified atom stereocenters. The molecule has 0 amide bonds. The van der Waals surface area contributed by atoms with Gasteiger partial charge < -0.3 is 28.7 Å². The average Bonchev–Trinajstić information content (AvgIpc) is 2.49. The first kappa shape index (κ1) is 23.3. The highest BCUT2D eigenvalue weighted by atomic mass is 31.2. The van der Waals surface area contributed by atoms with E-state index in [-0.39, 0.29) is 6.42 Å². The number of esters is 3. The molecule has 11 nitrogen and oxygen atoms in total. The van der Waals surface area contributed by atoms with Gasteiger partial charge in [0.25, 0.3) is 0 Å². The van der Waals surface area contributed by atoms with Gasteiger partial charge in [-0.3, -0.25) is 18.9 Å². The number of rotatable bonds is 8. The number of hydrogen-bond donors (Lipinski definition) is 2. The first-order valence-corrected chi connectivity index (χ1v) is 9.45. The fourth-order valence-electron chi connectivity index (χ4n) is 2.64. The van der Waals surface area contributed by atoms with Crippen LogP contribution in [0.4, 0.5) is 0 Å². The predicted octanol–water partition coefficient (Wildman–Crippen LogP) is 0.234. The van der Waals surface area contributed by atoms with Crippen LogP contribution in [0.25, 0.3) is 0 Å². The number of ether oxygens (including phenoxy) is 4. The van der Waals surface area contributed by atoms with Gasteiger partial charge in [0.05, 0.1) is 6.61 Å². The highest BCUT2D eigenvalue weighted by Crippen LogP contribution is 2.38. The Bertz CT molecular complexity index is 613. The first-order chi connectivity index (χ1) is 12.4. The summed E-state index contributed by atoms with van der Waals surface area (Å²) < 4.78 is 36.7. The van der Waals surface area contributed by atoms with Gasteiger partial charge in [0.15, 0.2) is 18.3 Å². The Morgan fingerprint density at radius 3 is 1.81 bits per heavy atom. The van der Waals surface area contributed by atoms with Gasteiger partial charge in [0, 0.05) is 20.8 Å². The molecule has 2 N–H and O–H groups in total. The van der Waals surface area contributed by atoms with Crippen molar-refractivity contribution in [3.05, 3.63) is 12.7 Å². The minimum atomic E-state index is -4.85. The second-order valence-corrected chi connectivity index (χ2v) is 6.99. The zero-order valence-corrected chi connectivity index (χ0v) is 16.0. The zero-order chi connectivity index (χ0) is 20.8. The fraction of sp³-hybridized carbons (Fsp3) is 0.667. The number of phosphoric acid groups is 1. The van der Waals surface area contributed by atoms with E-state index in [9.17, 15) is 18.9 Å². The highest BCUT2D eigenvalue weighted by molar-refractivity contribution is 7.46. The van der Waals surface area contributed by atoms with Crippen molar-refractivity contribution in [3.63, 3.8) is 0 Å². The number of carbonyl (C=O) groups excluding carboxylic acids is 3. The molecule has 5 atom stereocenters. The molecule has 27 heavy (non-hydrogen) atoms. The third kappa shape index (κ3) is 7.77. The van der Waals surface area contributed by atoms with E-state index in [4.69, 9.17) is 28.7 Å². The monoisotopic (exact) mass is 410 g/mol. The zero-order valence-electron chi connectivity index (χ0n) is 15.1. The summed E-state index contributed by atoms with van der Waals surface area (Å²) in [6.07, 6.45) is -4.23. The van der Waals surface area contributed by atoms with E-state index in [1.54, 1.807) is 0 Å². The van der Waals surface area contributed by atoms with E-state index < -0.39 is 62.9 Å². The van der Waals surface area contributed by atoms with Gasteiger partial charge in [-0.15, -0.1) is 6.58 Å². The topological polar surface area (TPSA) is 155 Å². The van der Waals surface area contributed by atoms with Crippen molar-refractivity contribution in [2.45, 2.75) is 57.7 Å². The molecule has 1 heterocycles. The Hall–Kier alpha value is -1.78. The number of phosphoric ester groups is 1. The van der Waals surface area contributed by atoms with E-state index in [0.29, 0.717) is 0 Å². The van der Waals surface area contributed by atoms with Crippen LogP contribution in [0.2, 0.25) is 0 Å². The van der Waals surface area contributed by atoms with E-state index in [2.05, 4.69) is 11.1 Å². The lowest BCUT2D eigenvalue weighted by molar-refractivity contribution is -0.249. The molecule has 0 radical (unpaired) electrons. The molecular weight excluding hydrogens is 387 g/mol. The molecule has 1 rings (SSSR count). The van der Waals surface area contributed by atoms with Gasteiger partial charge in [0.2, 0.25) is 0 Å². The largest absolute Gasteiger partial charge is 0.469 e. The van der Waals surface area contributed by atoms with Gasteiger partial charge in [0.1, 0.15) is 12.2 Å². The Morgan fingerprint density at radius 1 is 0.963 bits per heavy atom. The Labute approximate surface area is 155 Å². The van der Waals surface area contributed by atoms with Crippen molar-refractivity contribution in [2.24, 2.45) is 0 Å². The van der Waals surface area contributed by atoms with Gasteiger partial charge in [-0.1, -0.05) is 6.08 Å². The Balaban J connectivity index is 3.26. The van der Waals surface area contributed by atoms with Crippen LogP contribution in [0.1, 0.15) is 27.2 Å². The molecule has 12 heteroatoms. The maximum Gasteiger partial charge on any atom is 0.469 e. The normalized spacial score (nSPS) is 28.1. The van der Waals surface area contributed by atoms with Crippen molar-refractivity contribution in [1.82, 2.24) is 0 Å². The van der Waals surface area contributed by atoms with Crippen LogP contribution in [0.5, 0.6) is 0 Å². The van der Waals surface area contributed by atoms with Crippen LogP contribution in [-0.2, 0) is 42.4 Å². The maximum absolute atomic E-state index is 11.5. The third-order valence-electron chi connectivity index (χ3n) is 3.44. The summed E-state index contributed by atoms with van der Waals surface area (Å²) in [4.78, 5) is 52.4. The van der Waals surface area contributed by atoms with Crippen LogP contribution >= 0.6 is 7.82 Å². The van der Waals surface area contributed by atoms with Crippen LogP contribution in [-0.4, -0.2) is 64.8 Å². The molecule has 0 aromatic carbocycles. The van der Waals surface area contributed by atoms with Gasteiger partial charge in [-0.25, -0.2) is 4.57 Å². The van der Waals surface area contributed by atoms with Crippen molar-refractivity contribution in [3.8, 4) is 0 Å². The average molecular weight is 410 g/mol. The quantitative estimate of drug-likeness (QED) is 0.244. The second-order valence-electron chi connectivity index (χ2n) is 5.75. The van der Waals surface area contributed by atoms with Crippen LogP contribution < -0.4 is 0 Å². The summed E-state index contributed by atoms with van der Waals surface area (Å²) in [6.45, 7) is 6.23. The Kier molecular flexibility index (Phi) is 8.58. The SMILES string of the molecule is C=CCC1OC(COP(=O)(O)O)C(OC(C)=O)C(OC(C)=O)C1OC(C)=O. The first-order valence-electron chi connectivity index (χ1n) is 7.92. The van der Waals surface area contributed by atoms with Gasteiger partial charge in [-0.05, 0) is 6.42 Å². The summed E-state index contributed by atoms with van der Waals surface area (Å²) in [5, 5.41) is 0. The van der Waals surface area contributed by atoms with Gasteiger partial charge in [-0.2, -0.15) is 0 Å². The van der Waals surface area contributed by atoms with Crippen LogP contribution in [0.15, 0.2) is 12.7 Å². The molecule has 1 aliphatic rings. The van der Waals surface area contributed by atoms with Crippen molar-refractivity contribution < 1.29 is 52.2 Å². The fourth-order valence-corrected chi connectivity index (χ4v) is 2.98. The molecule has 0 aromatic heterocycles. The number of carbonyl (C=O) groups is 3. The van der Waals surface area contributed by atoms with E-state index >= 15 is 0 Å². The maximum atomic E-state index is 11.5. The lowest BCUT2D eigenvalue weighted by Gasteiger charge is -2.44.